The highest BCUT2D eigenvalue weighted by molar-refractivity contribution is 5.87. The molecule has 0 radical (unpaired) electrons. The first-order chi connectivity index (χ1) is 8.97. The van der Waals surface area contributed by atoms with Gasteiger partial charge in [-0.3, -0.25) is 19.3 Å². The van der Waals surface area contributed by atoms with Crippen molar-refractivity contribution < 1.29 is 19.5 Å². The Morgan fingerprint density at radius 2 is 1.68 bits per heavy atom. The van der Waals surface area contributed by atoms with Gasteiger partial charge in [0.05, 0.1) is 13.1 Å². The Hall–Kier alpha value is -1.67. The van der Waals surface area contributed by atoms with Gasteiger partial charge in [-0.2, -0.15) is 0 Å². The largest absolute Gasteiger partial charge is 0.480 e. The van der Waals surface area contributed by atoms with E-state index in [1.165, 1.54) is 0 Å². The average molecular weight is 272 g/mol. The summed E-state index contributed by atoms with van der Waals surface area (Å²) in [7, 11) is 0. The number of rotatable bonds is 6. The first-order valence-corrected chi connectivity index (χ1v) is 6.20. The lowest BCUT2D eigenvalue weighted by molar-refractivity contribution is -0.137. The summed E-state index contributed by atoms with van der Waals surface area (Å²) in [5.41, 5.74) is 5.76. The Morgan fingerprint density at radius 1 is 1.11 bits per heavy atom. The third-order valence-electron chi connectivity index (χ3n) is 2.88. The third kappa shape index (κ3) is 6.73. The van der Waals surface area contributed by atoms with Crippen LogP contribution < -0.4 is 16.4 Å². The molecular weight excluding hydrogens is 252 g/mol. The van der Waals surface area contributed by atoms with Gasteiger partial charge in [0.1, 0.15) is 6.54 Å². The molecule has 0 unspecified atom stereocenters. The maximum atomic E-state index is 11.6. The van der Waals surface area contributed by atoms with Crippen molar-refractivity contribution in [1.29, 1.82) is 0 Å². The van der Waals surface area contributed by atoms with E-state index in [1.54, 1.807) is 0 Å². The maximum absolute atomic E-state index is 11.6. The quantitative estimate of drug-likeness (QED) is 0.432. The van der Waals surface area contributed by atoms with Crippen molar-refractivity contribution >= 4 is 17.8 Å². The Balaban J connectivity index is 2.13. The molecule has 19 heavy (non-hydrogen) atoms. The number of amides is 2. The molecule has 1 saturated heterocycles. The number of likely N-dealkylation sites (tertiary alicyclic amines) is 1. The van der Waals surface area contributed by atoms with Gasteiger partial charge in [0, 0.05) is 19.1 Å². The molecule has 0 atom stereocenters. The SMILES string of the molecule is NC1CCN(CC(=O)NCC(=O)NCC(=O)O)CC1. The molecule has 0 aliphatic carbocycles. The van der Waals surface area contributed by atoms with Crippen LogP contribution in [0, 0.1) is 0 Å². The van der Waals surface area contributed by atoms with Crippen LogP contribution >= 0.6 is 0 Å². The van der Waals surface area contributed by atoms with Gasteiger partial charge < -0.3 is 21.5 Å². The molecule has 1 aliphatic rings. The van der Waals surface area contributed by atoms with E-state index < -0.39 is 18.4 Å². The number of nitrogens with two attached hydrogens (primary N) is 1. The summed E-state index contributed by atoms with van der Waals surface area (Å²) in [5.74, 6) is -1.89. The van der Waals surface area contributed by atoms with Crippen molar-refractivity contribution in [2.75, 3.05) is 32.7 Å². The minimum absolute atomic E-state index is 0.209. The molecule has 8 heteroatoms. The van der Waals surface area contributed by atoms with Crippen LogP contribution in [0.2, 0.25) is 0 Å². The third-order valence-corrected chi connectivity index (χ3v) is 2.88. The Morgan fingerprint density at radius 3 is 2.26 bits per heavy atom. The molecule has 0 aromatic rings. The minimum atomic E-state index is -1.12. The van der Waals surface area contributed by atoms with Crippen LogP contribution in [0.25, 0.3) is 0 Å². The van der Waals surface area contributed by atoms with Gasteiger partial charge in [-0.05, 0) is 12.8 Å². The van der Waals surface area contributed by atoms with Crippen molar-refractivity contribution in [1.82, 2.24) is 15.5 Å². The number of nitrogens with one attached hydrogen (secondary N) is 2. The molecule has 1 aliphatic heterocycles. The second-order valence-corrected chi connectivity index (χ2v) is 4.56. The highest BCUT2D eigenvalue weighted by atomic mass is 16.4. The second kappa shape index (κ2) is 7.70. The van der Waals surface area contributed by atoms with E-state index in [0.717, 1.165) is 25.9 Å². The van der Waals surface area contributed by atoms with Crippen LogP contribution in [0.1, 0.15) is 12.8 Å². The lowest BCUT2D eigenvalue weighted by Crippen LogP contribution is -2.46. The standard InChI is InChI=1S/C11H20N4O4/c12-8-1-3-15(4-2-8)7-10(17)13-5-9(16)14-6-11(18)19/h8H,1-7,12H2,(H,13,17)(H,14,16)(H,18,19). The average Bonchev–Trinajstić information content (AvgIpc) is 2.36. The summed E-state index contributed by atoms with van der Waals surface area (Å²) < 4.78 is 0. The summed E-state index contributed by atoms with van der Waals surface area (Å²) in [5, 5.41) is 13.0. The van der Waals surface area contributed by atoms with Gasteiger partial charge in [0.15, 0.2) is 0 Å². The van der Waals surface area contributed by atoms with Crippen molar-refractivity contribution in [3.8, 4) is 0 Å². The minimum Gasteiger partial charge on any atom is -0.480 e. The van der Waals surface area contributed by atoms with Crippen molar-refractivity contribution in [3.63, 3.8) is 0 Å². The van der Waals surface area contributed by atoms with Crippen LogP contribution in [0.3, 0.4) is 0 Å². The Labute approximate surface area is 111 Å². The molecule has 2 amide bonds. The summed E-state index contributed by atoms with van der Waals surface area (Å²) in [6.07, 6.45) is 1.73. The van der Waals surface area contributed by atoms with E-state index in [4.69, 9.17) is 10.8 Å². The van der Waals surface area contributed by atoms with Gasteiger partial charge in [-0.15, -0.1) is 0 Å². The molecule has 8 nitrogen and oxygen atoms in total. The molecule has 0 aromatic carbocycles. The maximum Gasteiger partial charge on any atom is 0.322 e. The van der Waals surface area contributed by atoms with E-state index in [1.807, 2.05) is 4.90 Å². The van der Waals surface area contributed by atoms with Gasteiger partial charge in [0.2, 0.25) is 11.8 Å². The van der Waals surface area contributed by atoms with E-state index in [2.05, 4.69) is 10.6 Å². The molecule has 0 spiro atoms. The number of carboxylic acids is 1. The number of aliphatic carboxylic acids is 1. The normalized spacial score (nSPS) is 16.9. The lowest BCUT2D eigenvalue weighted by Gasteiger charge is -2.29. The van der Waals surface area contributed by atoms with Crippen LogP contribution in [0.4, 0.5) is 0 Å². The van der Waals surface area contributed by atoms with Crippen LogP contribution in [-0.4, -0.2) is 66.6 Å². The molecule has 1 fully saturated rings. The highest BCUT2D eigenvalue weighted by Crippen LogP contribution is 2.06. The number of hydrogen-bond donors (Lipinski definition) is 4. The fourth-order valence-corrected chi connectivity index (χ4v) is 1.79. The smallest absolute Gasteiger partial charge is 0.322 e. The molecule has 108 valence electrons. The van der Waals surface area contributed by atoms with E-state index >= 15 is 0 Å². The first-order valence-electron chi connectivity index (χ1n) is 6.20. The number of carbonyl (C=O) groups excluding carboxylic acids is 2. The fraction of sp³-hybridized carbons (Fsp3) is 0.727. The second-order valence-electron chi connectivity index (χ2n) is 4.56. The van der Waals surface area contributed by atoms with Crippen LogP contribution in [0.15, 0.2) is 0 Å². The summed E-state index contributed by atoms with van der Waals surface area (Å²) >= 11 is 0. The Bertz CT molecular complexity index is 340. The first kappa shape index (κ1) is 15.4. The Kier molecular flexibility index (Phi) is 6.23. The summed E-state index contributed by atoms with van der Waals surface area (Å²) in [6.45, 7) is 1.14. The van der Waals surface area contributed by atoms with Crippen LogP contribution in [0.5, 0.6) is 0 Å². The van der Waals surface area contributed by atoms with Crippen molar-refractivity contribution in [2.24, 2.45) is 5.73 Å². The topological polar surface area (TPSA) is 125 Å². The summed E-state index contributed by atoms with van der Waals surface area (Å²) in [4.78, 5) is 34.9. The van der Waals surface area contributed by atoms with E-state index in [-0.39, 0.29) is 25.0 Å². The molecule has 1 rings (SSSR count). The highest BCUT2D eigenvalue weighted by Gasteiger charge is 2.18. The van der Waals surface area contributed by atoms with Gasteiger partial charge in [-0.1, -0.05) is 0 Å². The van der Waals surface area contributed by atoms with E-state index in [0.29, 0.717) is 0 Å². The number of carboxylic acid groups (broad SMARTS) is 1. The van der Waals surface area contributed by atoms with Gasteiger partial charge >= 0.3 is 5.97 Å². The van der Waals surface area contributed by atoms with Gasteiger partial charge in [0.25, 0.3) is 0 Å². The van der Waals surface area contributed by atoms with Crippen LogP contribution in [-0.2, 0) is 14.4 Å². The van der Waals surface area contributed by atoms with Crippen molar-refractivity contribution in [3.05, 3.63) is 0 Å². The molecular formula is C11H20N4O4. The van der Waals surface area contributed by atoms with Gasteiger partial charge in [-0.25, -0.2) is 0 Å². The number of nitrogens with zero attached hydrogens (tertiary/aromatic N) is 1. The number of hydrogen-bond acceptors (Lipinski definition) is 5. The zero-order valence-electron chi connectivity index (χ0n) is 10.7. The predicted octanol–water partition coefficient (Wildman–Crippen LogP) is -2.27. The monoisotopic (exact) mass is 272 g/mol. The molecule has 1 heterocycles. The molecule has 0 aromatic heterocycles. The summed E-state index contributed by atoms with van der Waals surface area (Å²) in [6, 6.07) is 0.209. The molecule has 0 bridgehead atoms. The van der Waals surface area contributed by atoms with Crippen molar-refractivity contribution in [2.45, 2.75) is 18.9 Å². The molecule has 5 N–H and O–H groups in total. The predicted molar refractivity (Wildman–Crippen MR) is 67.3 cm³/mol. The number of piperidine rings is 1. The zero-order chi connectivity index (χ0) is 14.3. The number of carbonyl (C=O) groups is 3. The lowest BCUT2D eigenvalue weighted by atomic mass is 10.1. The zero-order valence-corrected chi connectivity index (χ0v) is 10.7. The fourth-order valence-electron chi connectivity index (χ4n) is 1.79. The van der Waals surface area contributed by atoms with E-state index in [9.17, 15) is 14.4 Å². The molecule has 0 saturated carbocycles.